The molecular formula is C14H21N3O2. The van der Waals surface area contributed by atoms with Crippen LogP contribution in [0.4, 0.5) is 5.69 Å². The van der Waals surface area contributed by atoms with Gasteiger partial charge >= 0.3 is 0 Å². The molecule has 0 bridgehead atoms. The van der Waals surface area contributed by atoms with E-state index in [1.165, 1.54) is 4.90 Å². The lowest BCUT2D eigenvalue weighted by molar-refractivity contribution is -0.133. The number of para-hydroxylation sites is 1. The molecule has 3 N–H and O–H groups in total. The normalized spacial score (nSPS) is 11.7. The molecule has 1 atom stereocenters. The summed E-state index contributed by atoms with van der Waals surface area (Å²) in [4.78, 5) is 24.8. The molecule has 0 spiro atoms. The molecule has 19 heavy (non-hydrogen) atoms. The van der Waals surface area contributed by atoms with Gasteiger partial charge in [0.15, 0.2) is 0 Å². The first-order chi connectivity index (χ1) is 8.91. The average Bonchev–Trinajstić information content (AvgIpc) is 2.36. The fourth-order valence-corrected chi connectivity index (χ4v) is 1.77. The van der Waals surface area contributed by atoms with Crippen molar-refractivity contribution < 1.29 is 9.59 Å². The predicted molar refractivity (Wildman–Crippen MR) is 75.5 cm³/mol. The summed E-state index contributed by atoms with van der Waals surface area (Å²) >= 11 is 0. The predicted octanol–water partition coefficient (Wildman–Crippen LogP) is 0.794. The molecule has 0 heterocycles. The molecule has 5 heteroatoms. The number of carbonyl (C=O) groups is 2. The zero-order valence-electron chi connectivity index (χ0n) is 11.6. The fraction of sp³-hybridized carbons (Fsp3) is 0.429. The van der Waals surface area contributed by atoms with Gasteiger partial charge in [-0.2, -0.15) is 0 Å². The van der Waals surface area contributed by atoms with E-state index in [0.29, 0.717) is 18.5 Å². The number of hydrogen-bond acceptors (Lipinski definition) is 3. The van der Waals surface area contributed by atoms with E-state index in [2.05, 4.69) is 5.32 Å². The molecule has 0 fully saturated rings. The van der Waals surface area contributed by atoms with Crippen LogP contribution in [0.1, 0.15) is 18.9 Å². The minimum atomic E-state index is -0.504. The second-order valence-corrected chi connectivity index (χ2v) is 4.72. The maximum atomic E-state index is 11.7. The number of amides is 2. The van der Waals surface area contributed by atoms with Crippen molar-refractivity contribution in [3.63, 3.8) is 0 Å². The van der Waals surface area contributed by atoms with Crippen LogP contribution >= 0.6 is 0 Å². The van der Waals surface area contributed by atoms with Gasteiger partial charge in [0, 0.05) is 26.2 Å². The van der Waals surface area contributed by atoms with Crippen LogP contribution in [0.2, 0.25) is 0 Å². The first-order valence-electron chi connectivity index (χ1n) is 6.25. The van der Waals surface area contributed by atoms with Gasteiger partial charge in [0.2, 0.25) is 11.8 Å². The smallest absolute Gasteiger partial charge is 0.244 e. The van der Waals surface area contributed by atoms with E-state index in [1.54, 1.807) is 21.0 Å². The first kappa shape index (κ1) is 15.0. The van der Waals surface area contributed by atoms with E-state index in [9.17, 15) is 9.59 Å². The number of carbonyl (C=O) groups excluding carboxylic acids is 2. The van der Waals surface area contributed by atoms with Crippen molar-refractivity contribution in [3.8, 4) is 0 Å². The summed E-state index contributed by atoms with van der Waals surface area (Å²) in [5.41, 5.74) is 7.44. The monoisotopic (exact) mass is 263 g/mol. The van der Waals surface area contributed by atoms with Gasteiger partial charge in [-0.1, -0.05) is 18.2 Å². The Bertz CT molecular complexity index is 458. The fourth-order valence-electron chi connectivity index (χ4n) is 1.77. The number of nitrogens with one attached hydrogen (secondary N) is 1. The van der Waals surface area contributed by atoms with Gasteiger partial charge in [-0.15, -0.1) is 0 Å². The van der Waals surface area contributed by atoms with Gasteiger partial charge < -0.3 is 16.0 Å². The van der Waals surface area contributed by atoms with Crippen molar-refractivity contribution in [3.05, 3.63) is 29.8 Å². The Kier molecular flexibility index (Phi) is 5.36. The number of hydrogen-bond donors (Lipinski definition) is 2. The highest BCUT2D eigenvalue weighted by molar-refractivity contribution is 5.87. The maximum Gasteiger partial charge on any atom is 0.244 e. The topological polar surface area (TPSA) is 75.4 Å². The van der Waals surface area contributed by atoms with Crippen LogP contribution in [0.3, 0.4) is 0 Å². The van der Waals surface area contributed by atoms with Crippen LogP contribution in [0, 0.1) is 0 Å². The third kappa shape index (κ3) is 4.62. The summed E-state index contributed by atoms with van der Waals surface area (Å²) in [6, 6.07) is 6.96. The van der Waals surface area contributed by atoms with Crippen LogP contribution in [-0.2, 0) is 16.0 Å². The van der Waals surface area contributed by atoms with Crippen molar-refractivity contribution in [1.82, 2.24) is 10.2 Å². The summed E-state index contributed by atoms with van der Waals surface area (Å²) in [5.74, 6) is -0.265. The van der Waals surface area contributed by atoms with Crippen LogP contribution < -0.4 is 11.1 Å². The van der Waals surface area contributed by atoms with Crippen LogP contribution in [-0.4, -0.2) is 36.9 Å². The molecule has 0 radical (unpaired) electrons. The Labute approximate surface area is 113 Å². The maximum absolute atomic E-state index is 11.7. The molecule has 0 aliphatic carbocycles. The molecule has 0 saturated heterocycles. The van der Waals surface area contributed by atoms with Crippen molar-refractivity contribution in [1.29, 1.82) is 0 Å². The van der Waals surface area contributed by atoms with Gasteiger partial charge in [-0.05, 0) is 25.0 Å². The van der Waals surface area contributed by atoms with E-state index in [4.69, 9.17) is 5.73 Å². The molecule has 104 valence electrons. The molecule has 0 aromatic heterocycles. The number of nitrogens with zero attached hydrogens (tertiary/aromatic N) is 1. The minimum absolute atomic E-state index is 0.118. The molecule has 1 rings (SSSR count). The quantitative estimate of drug-likeness (QED) is 0.771. The Balaban J connectivity index is 2.44. The number of likely N-dealkylation sites (N-methyl/N-ethyl adjacent to an activating group) is 1. The van der Waals surface area contributed by atoms with Crippen LogP contribution in [0.25, 0.3) is 0 Å². The van der Waals surface area contributed by atoms with E-state index in [0.717, 1.165) is 5.56 Å². The lowest BCUT2D eigenvalue weighted by Gasteiger charge is -2.18. The van der Waals surface area contributed by atoms with Crippen LogP contribution in [0.15, 0.2) is 24.3 Å². The number of nitrogens with two attached hydrogens (primary N) is 1. The molecule has 1 aromatic rings. The number of rotatable bonds is 5. The van der Waals surface area contributed by atoms with Crippen molar-refractivity contribution >= 4 is 17.5 Å². The summed E-state index contributed by atoms with van der Waals surface area (Å²) in [5, 5.41) is 2.68. The Morgan fingerprint density at radius 3 is 2.53 bits per heavy atom. The van der Waals surface area contributed by atoms with Crippen molar-refractivity contribution in [2.75, 3.05) is 19.8 Å². The van der Waals surface area contributed by atoms with Gasteiger partial charge in [-0.3, -0.25) is 9.59 Å². The highest BCUT2D eigenvalue weighted by Crippen LogP contribution is 2.12. The van der Waals surface area contributed by atoms with E-state index < -0.39 is 6.04 Å². The van der Waals surface area contributed by atoms with E-state index in [1.807, 2.05) is 24.3 Å². The van der Waals surface area contributed by atoms with Gasteiger partial charge in [-0.25, -0.2) is 0 Å². The van der Waals surface area contributed by atoms with E-state index >= 15 is 0 Å². The second kappa shape index (κ2) is 6.78. The summed E-state index contributed by atoms with van der Waals surface area (Å²) < 4.78 is 0. The number of anilines is 1. The molecule has 1 aromatic carbocycles. The Hall–Kier alpha value is -2.04. The SMILES string of the molecule is CC(NC(=O)CCc1ccccc1N)C(=O)N(C)C. The Morgan fingerprint density at radius 2 is 1.95 bits per heavy atom. The zero-order valence-corrected chi connectivity index (χ0v) is 11.6. The van der Waals surface area contributed by atoms with Crippen molar-refractivity contribution in [2.24, 2.45) is 0 Å². The zero-order chi connectivity index (χ0) is 14.4. The number of nitrogen functional groups attached to an aromatic ring is 1. The number of benzene rings is 1. The summed E-state index contributed by atoms with van der Waals surface area (Å²) in [6.07, 6.45) is 0.890. The molecule has 5 nitrogen and oxygen atoms in total. The van der Waals surface area contributed by atoms with Gasteiger partial charge in [0.05, 0.1) is 0 Å². The Morgan fingerprint density at radius 1 is 1.32 bits per heavy atom. The second-order valence-electron chi connectivity index (χ2n) is 4.72. The summed E-state index contributed by atoms with van der Waals surface area (Å²) in [7, 11) is 3.32. The minimum Gasteiger partial charge on any atom is -0.399 e. The van der Waals surface area contributed by atoms with Crippen molar-refractivity contribution in [2.45, 2.75) is 25.8 Å². The molecule has 0 aliphatic rings. The lowest BCUT2D eigenvalue weighted by Crippen LogP contribution is -2.44. The van der Waals surface area contributed by atoms with E-state index in [-0.39, 0.29) is 11.8 Å². The molecule has 0 aliphatic heterocycles. The third-order valence-electron chi connectivity index (χ3n) is 2.87. The molecule has 0 saturated carbocycles. The highest BCUT2D eigenvalue weighted by atomic mass is 16.2. The van der Waals surface area contributed by atoms with Gasteiger partial charge in [0.25, 0.3) is 0 Å². The molecular weight excluding hydrogens is 242 g/mol. The van der Waals surface area contributed by atoms with Crippen LogP contribution in [0.5, 0.6) is 0 Å². The average molecular weight is 263 g/mol. The first-order valence-corrected chi connectivity index (χ1v) is 6.25. The molecule has 2 amide bonds. The largest absolute Gasteiger partial charge is 0.399 e. The number of aryl methyl sites for hydroxylation is 1. The third-order valence-corrected chi connectivity index (χ3v) is 2.87. The van der Waals surface area contributed by atoms with Gasteiger partial charge in [0.1, 0.15) is 6.04 Å². The highest BCUT2D eigenvalue weighted by Gasteiger charge is 2.16. The lowest BCUT2D eigenvalue weighted by atomic mass is 10.1. The standard InChI is InChI=1S/C14H21N3O2/c1-10(14(19)17(2)3)16-13(18)9-8-11-6-4-5-7-12(11)15/h4-7,10H,8-9,15H2,1-3H3,(H,16,18). The summed E-state index contributed by atoms with van der Waals surface area (Å²) in [6.45, 7) is 1.68. The molecule has 1 unspecified atom stereocenters.